The molecule has 4 rings (SSSR count). The van der Waals surface area contributed by atoms with Gasteiger partial charge in [-0.05, 0) is 102 Å². The molecule has 2 aromatic heterocycles. The predicted molar refractivity (Wildman–Crippen MR) is 174 cm³/mol. The maximum Gasteiger partial charge on any atom is 0.265 e. The summed E-state index contributed by atoms with van der Waals surface area (Å²) in [6, 6.07) is 9.77. The van der Waals surface area contributed by atoms with Crippen LogP contribution in [0.15, 0.2) is 64.3 Å². The highest BCUT2D eigenvalue weighted by Crippen LogP contribution is 2.40. The van der Waals surface area contributed by atoms with Gasteiger partial charge in [0.05, 0.1) is 11.2 Å². The molecule has 2 aliphatic rings. The van der Waals surface area contributed by atoms with Gasteiger partial charge in [0.2, 0.25) is 0 Å². The second-order valence-corrected chi connectivity index (χ2v) is 14.4. The Kier molecular flexibility index (Phi) is 9.52. The van der Waals surface area contributed by atoms with Crippen LogP contribution in [0.3, 0.4) is 0 Å². The minimum absolute atomic E-state index is 0.0926. The summed E-state index contributed by atoms with van der Waals surface area (Å²) in [4.78, 5) is 29.6. The van der Waals surface area contributed by atoms with Crippen LogP contribution in [0.4, 0.5) is 11.6 Å². The molecule has 4 heterocycles. The number of fused-ring (bicyclic) bond motifs is 6. The summed E-state index contributed by atoms with van der Waals surface area (Å²) in [6.45, 7) is 18.9. The van der Waals surface area contributed by atoms with Gasteiger partial charge < -0.3 is 15.3 Å². The van der Waals surface area contributed by atoms with Crippen LogP contribution < -0.4 is 14.9 Å². The lowest BCUT2D eigenvalue weighted by molar-refractivity contribution is 0.0984. The van der Waals surface area contributed by atoms with Crippen LogP contribution in [0.2, 0.25) is 0 Å². The van der Waals surface area contributed by atoms with E-state index < -0.39 is 5.60 Å². The molecule has 1 amide bonds. The van der Waals surface area contributed by atoms with Crippen LogP contribution in [-0.4, -0.2) is 51.4 Å². The van der Waals surface area contributed by atoms with Gasteiger partial charge in [0.15, 0.2) is 0 Å². The Balaban J connectivity index is 1.71. The fourth-order valence-corrected chi connectivity index (χ4v) is 6.32. The van der Waals surface area contributed by atoms with E-state index in [1.54, 1.807) is 20.0 Å². The molecule has 2 atom stereocenters. The van der Waals surface area contributed by atoms with E-state index in [0.29, 0.717) is 22.9 Å². The standard InChI is InChI=1S/C33H46N6O2S/c1-31(2,3)26-17-16-25-29(36-26)39-21-22(20-32(39,4)5)12-14-24(15-13-23(18-19-34-8)33(6,7)41)35-27-10-9-11-28(37-27)42-38-30(25)40/h9-11,13,16-19,22,24,41H,8,12,14-15,20-21H2,1-7H3,(H,35,37)(H,38,40)/b19-18-,23-13+. The van der Waals surface area contributed by atoms with Gasteiger partial charge in [-0.2, -0.15) is 0 Å². The van der Waals surface area contributed by atoms with Gasteiger partial charge in [-0.15, -0.1) is 0 Å². The van der Waals surface area contributed by atoms with Gasteiger partial charge in [0.25, 0.3) is 5.91 Å². The molecule has 0 radical (unpaired) electrons. The van der Waals surface area contributed by atoms with Crippen molar-refractivity contribution in [1.82, 2.24) is 14.7 Å². The molecule has 2 unspecified atom stereocenters. The maximum atomic E-state index is 13.6. The molecule has 9 heteroatoms. The third-order valence-electron chi connectivity index (χ3n) is 8.04. The van der Waals surface area contributed by atoms with Crippen molar-refractivity contribution in [3.63, 3.8) is 0 Å². The summed E-state index contributed by atoms with van der Waals surface area (Å²) in [5.74, 6) is 1.75. The normalized spacial score (nSPS) is 21.7. The summed E-state index contributed by atoms with van der Waals surface area (Å²) in [7, 11) is 0. The van der Waals surface area contributed by atoms with Gasteiger partial charge in [0, 0.05) is 47.4 Å². The number of nitrogens with one attached hydrogen (secondary N) is 2. The first-order valence-electron chi connectivity index (χ1n) is 14.7. The molecule has 0 saturated carbocycles. The van der Waals surface area contributed by atoms with Crippen molar-refractivity contribution in [2.45, 2.75) is 102 Å². The van der Waals surface area contributed by atoms with E-state index in [1.807, 2.05) is 36.4 Å². The third-order valence-corrected chi connectivity index (χ3v) is 8.76. The zero-order valence-electron chi connectivity index (χ0n) is 26.1. The molecule has 3 N–H and O–H groups in total. The quantitative estimate of drug-likeness (QED) is 0.202. The second-order valence-electron chi connectivity index (χ2n) is 13.6. The van der Waals surface area contributed by atoms with Crippen molar-refractivity contribution in [3.05, 3.63) is 65.5 Å². The van der Waals surface area contributed by atoms with Crippen LogP contribution in [0.25, 0.3) is 0 Å². The molecular weight excluding hydrogens is 544 g/mol. The Morgan fingerprint density at radius 2 is 1.95 bits per heavy atom. The highest BCUT2D eigenvalue weighted by atomic mass is 32.2. The van der Waals surface area contributed by atoms with Gasteiger partial charge in [-0.1, -0.05) is 32.9 Å². The van der Waals surface area contributed by atoms with Crippen LogP contribution in [0, 0.1) is 5.92 Å². The first-order chi connectivity index (χ1) is 19.7. The summed E-state index contributed by atoms with van der Waals surface area (Å²) in [5.41, 5.74) is 1.04. The minimum atomic E-state index is -1.00. The molecular formula is C33H46N6O2S. The molecule has 2 aromatic rings. The average Bonchev–Trinajstić information content (AvgIpc) is 3.22. The average molecular weight is 591 g/mol. The van der Waals surface area contributed by atoms with Gasteiger partial charge in [0.1, 0.15) is 16.7 Å². The maximum absolute atomic E-state index is 13.6. The van der Waals surface area contributed by atoms with Crippen LogP contribution in [-0.2, 0) is 5.41 Å². The van der Waals surface area contributed by atoms with E-state index in [2.05, 4.69) is 67.3 Å². The fraction of sp³-hybridized carbons (Fsp3) is 0.515. The Hall–Kier alpha value is -3.17. The summed E-state index contributed by atoms with van der Waals surface area (Å²) in [5, 5.41) is 15.1. The molecule has 8 nitrogen and oxygen atoms in total. The van der Waals surface area contributed by atoms with Crippen LogP contribution in [0.1, 0.15) is 90.2 Å². The smallest absolute Gasteiger partial charge is 0.265 e. The molecule has 42 heavy (non-hydrogen) atoms. The van der Waals surface area contributed by atoms with Crippen molar-refractivity contribution in [1.29, 1.82) is 0 Å². The lowest BCUT2D eigenvalue weighted by atomic mass is 9.90. The highest BCUT2D eigenvalue weighted by Gasteiger charge is 2.41. The van der Waals surface area contributed by atoms with Gasteiger partial charge in [-0.3, -0.25) is 14.5 Å². The third kappa shape index (κ3) is 7.81. The van der Waals surface area contributed by atoms with Crippen molar-refractivity contribution in [2.24, 2.45) is 10.9 Å². The largest absolute Gasteiger partial charge is 0.386 e. The highest BCUT2D eigenvalue weighted by molar-refractivity contribution is 7.97. The van der Waals surface area contributed by atoms with Crippen molar-refractivity contribution < 1.29 is 9.90 Å². The molecule has 1 saturated heterocycles. The number of aliphatic imine (C=N–C) groups is 1. The first-order valence-corrected chi connectivity index (χ1v) is 15.5. The van der Waals surface area contributed by atoms with Crippen molar-refractivity contribution >= 4 is 36.2 Å². The van der Waals surface area contributed by atoms with Crippen LogP contribution >= 0.6 is 11.9 Å². The number of aliphatic hydroxyl groups is 1. The lowest BCUT2D eigenvalue weighted by Gasteiger charge is -2.34. The number of carbonyl (C=O) groups excluding carboxylic acids is 1. The van der Waals surface area contributed by atoms with E-state index >= 15 is 0 Å². The van der Waals surface area contributed by atoms with Crippen molar-refractivity contribution in [2.75, 3.05) is 16.8 Å². The summed E-state index contributed by atoms with van der Waals surface area (Å²) < 4.78 is 3.01. The van der Waals surface area contributed by atoms with Crippen LogP contribution in [0.5, 0.6) is 0 Å². The van der Waals surface area contributed by atoms with E-state index in [4.69, 9.17) is 9.97 Å². The van der Waals surface area contributed by atoms with E-state index in [9.17, 15) is 9.90 Å². The Labute approximate surface area is 255 Å². The van der Waals surface area contributed by atoms with E-state index in [-0.39, 0.29) is 22.9 Å². The number of aromatic nitrogens is 2. The number of anilines is 2. The minimum Gasteiger partial charge on any atom is -0.386 e. The Morgan fingerprint density at radius 1 is 1.19 bits per heavy atom. The fourth-order valence-electron chi connectivity index (χ4n) is 5.73. The number of hydrogen-bond donors (Lipinski definition) is 3. The Bertz CT molecular complexity index is 1360. The zero-order valence-corrected chi connectivity index (χ0v) is 26.9. The summed E-state index contributed by atoms with van der Waals surface area (Å²) >= 11 is 1.21. The van der Waals surface area contributed by atoms with Crippen molar-refractivity contribution in [3.8, 4) is 0 Å². The zero-order chi connectivity index (χ0) is 30.7. The monoisotopic (exact) mass is 590 g/mol. The molecule has 4 bridgehead atoms. The molecule has 0 aromatic carbocycles. The lowest BCUT2D eigenvalue weighted by Crippen LogP contribution is -2.40. The first kappa shape index (κ1) is 31.8. The number of rotatable bonds is 5. The number of hydrogen-bond acceptors (Lipinski definition) is 8. The topological polar surface area (TPSA) is 103 Å². The SMILES string of the molecule is C=N/C=C\C(=C/CC1CCC2CN(c3nc(C(C)(C)C)ccc3C(=O)NSc3cccc(n3)N1)C(C)(C)C2)C(C)(C)O. The van der Waals surface area contributed by atoms with Gasteiger partial charge in [-0.25, -0.2) is 9.97 Å². The number of nitrogens with zero attached hydrogens (tertiary/aromatic N) is 4. The molecule has 0 spiro atoms. The Morgan fingerprint density at radius 3 is 2.64 bits per heavy atom. The number of carbonyl (C=O) groups is 1. The van der Waals surface area contributed by atoms with E-state index in [0.717, 1.165) is 48.7 Å². The second kappa shape index (κ2) is 12.6. The number of amides is 1. The summed E-state index contributed by atoms with van der Waals surface area (Å²) in [6.07, 6.45) is 9.13. The van der Waals surface area contributed by atoms with Gasteiger partial charge >= 0.3 is 0 Å². The predicted octanol–water partition coefficient (Wildman–Crippen LogP) is 6.69. The molecule has 0 aliphatic carbocycles. The number of pyridine rings is 2. The van der Waals surface area contributed by atoms with E-state index in [1.165, 1.54) is 11.9 Å². The molecule has 2 aliphatic heterocycles. The molecule has 1 fully saturated rings. The molecule has 226 valence electrons.